The largest absolute Gasteiger partial charge is 0.281 e. The maximum atomic E-state index is 12.5. The Labute approximate surface area is 132 Å². The smallest absolute Gasteiger partial charge is 0.228 e. The molecule has 6 nitrogen and oxygen atoms in total. The quantitative estimate of drug-likeness (QED) is 0.793. The van der Waals surface area contributed by atoms with Gasteiger partial charge in [-0.25, -0.2) is 8.42 Å². The van der Waals surface area contributed by atoms with Crippen molar-refractivity contribution in [3.05, 3.63) is 35.9 Å². The standard InChI is InChI=1S/C14H22N2O4S2/c1-15(2)22(19,20)16-10-8-14(9-11-16)21(17,18)12-13-6-4-3-5-7-13/h3-7,14H,8-12H2,1-2H3. The second-order valence-electron chi connectivity index (χ2n) is 5.68. The number of hydrogen-bond donors (Lipinski definition) is 0. The third kappa shape index (κ3) is 3.87. The van der Waals surface area contributed by atoms with Crippen molar-refractivity contribution in [2.75, 3.05) is 27.2 Å². The van der Waals surface area contributed by atoms with E-state index in [9.17, 15) is 16.8 Å². The fourth-order valence-electron chi connectivity index (χ4n) is 2.58. The predicted molar refractivity (Wildman–Crippen MR) is 86.3 cm³/mol. The molecule has 0 amide bonds. The summed E-state index contributed by atoms with van der Waals surface area (Å²) in [6, 6.07) is 9.07. The summed E-state index contributed by atoms with van der Waals surface area (Å²) in [5.74, 6) is 0.0128. The van der Waals surface area contributed by atoms with Crippen molar-refractivity contribution >= 4 is 20.0 Å². The van der Waals surface area contributed by atoms with Gasteiger partial charge in [0.1, 0.15) is 0 Å². The van der Waals surface area contributed by atoms with Gasteiger partial charge in [-0.05, 0) is 18.4 Å². The van der Waals surface area contributed by atoms with E-state index in [1.54, 1.807) is 12.1 Å². The summed E-state index contributed by atoms with van der Waals surface area (Å²) in [6.07, 6.45) is 0.699. The zero-order valence-corrected chi connectivity index (χ0v) is 14.5. The summed E-state index contributed by atoms with van der Waals surface area (Å²) in [7, 11) is -3.76. The van der Waals surface area contributed by atoms with Crippen molar-refractivity contribution in [3.63, 3.8) is 0 Å². The first-order valence-electron chi connectivity index (χ1n) is 7.16. The SMILES string of the molecule is CN(C)S(=O)(=O)N1CCC(S(=O)(=O)Cc2ccccc2)CC1. The predicted octanol–water partition coefficient (Wildman–Crippen LogP) is 0.872. The number of sulfone groups is 1. The van der Waals surface area contributed by atoms with Gasteiger partial charge in [0, 0.05) is 27.2 Å². The molecule has 0 bridgehead atoms. The van der Waals surface area contributed by atoms with Crippen LogP contribution in [0.15, 0.2) is 30.3 Å². The molecule has 1 aliphatic rings. The molecule has 1 aromatic carbocycles. The summed E-state index contributed by atoms with van der Waals surface area (Å²) >= 11 is 0. The highest BCUT2D eigenvalue weighted by Crippen LogP contribution is 2.23. The molecule has 0 saturated carbocycles. The Balaban J connectivity index is 2.02. The average Bonchev–Trinajstić information content (AvgIpc) is 2.48. The van der Waals surface area contributed by atoms with Crippen LogP contribution in [0.5, 0.6) is 0 Å². The number of benzene rings is 1. The molecule has 0 atom stereocenters. The van der Waals surface area contributed by atoms with E-state index in [4.69, 9.17) is 0 Å². The first kappa shape index (κ1) is 17.4. The number of nitrogens with zero attached hydrogens (tertiary/aromatic N) is 2. The molecule has 1 saturated heterocycles. The van der Waals surface area contributed by atoms with Crippen molar-refractivity contribution in [2.45, 2.75) is 23.8 Å². The summed E-state index contributed by atoms with van der Waals surface area (Å²) in [5, 5.41) is -0.471. The van der Waals surface area contributed by atoms with E-state index >= 15 is 0 Å². The minimum absolute atomic E-state index is 0.0128. The van der Waals surface area contributed by atoms with Gasteiger partial charge in [-0.3, -0.25) is 0 Å². The molecular formula is C14H22N2O4S2. The lowest BCUT2D eigenvalue weighted by Gasteiger charge is -2.32. The van der Waals surface area contributed by atoms with Crippen LogP contribution in [-0.2, 0) is 25.8 Å². The van der Waals surface area contributed by atoms with Gasteiger partial charge in [0.2, 0.25) is 0 Å². The second kappa shape index (κ2) is 6.66. The molecule has 0 aromatic heterocycles. The summed E-state index contributed by atoms with van der Waals surface area (Å²) < 4.78 is 51.5. The van der Waals surface area contributed by atoms with Crippen molar-refractivity contribution in [1.82, 2.24) is 8.61 Å². The molecule has 1 aliphatic heterocycles. The highest BCUT2D eigenvalue weighted by Gasteiger charge is 2.34. The molecule has 0 unspecified atom stereocenters. The maximum Gasteiger partial charge on any atom is 0.281 e. The van der Waals surface area contributed by atoms with E-state index in [2.05, 4.69) is 0 Å². The topological polar surface area (TPSA) is 74.8 Å². The summed E-state index contributed by atoms with van der Waals surface area (Å²) in [5.41, 5.74) is 0.769. The Bertz CT molecular complexity index is 692. The molecule has 1 heterocycles. The van der Waals surface area contributed by atoms with Gasteiger partial charge in [0.15, 0.2) is 9.84 Å². The molecule has 1 aromatic rings. The molecule has 2 rings (SSSR count). The van der Waals surface area contributed by atoms with Gasteiger partial charge in [0.25, 0.3) is 10.2 Å². The summed E-state index contributed by atoms with van der Waals surface area (Å²) in [6.45, 7) is 0.498. The Morgan fingerprint density at radius 2 is 1.59 bits per heavy atom. The van der Waals surface area contributed by atoms with Crippen LogP contribution in [-0.4, -0.2) is 57.9 Å². The van der Waals surface area contributed by atoms with Crippen LogP contribution in [0.4, 0.5) is 0 Å². The lowest BCUT2D eigenvalue weighted by molar-refractivity contribution is 0.324. The molecule has 0 radical (unpaired) electrons. The van der Waals surface area contributed by atoms with Crippen LogP contribution in [0.1, 0.15) is 18.4 Å². The second-order valence-corrected chi connectivity index (χ2v) is 10.1. The molecule has 1 fully saturated rings. The fraction of sp³-hybridized carbons (Fsp3) is 0.571. The van der Waals surface area contributed by atoms with Gasteiger partial charge < -0.3 is 0 Å². The van der Waals surface area contributed by atoms with Gasteiger partial charge in [-0.15, -0.1) is 0 Å². The number of rotatable bonds is 5. The van der Waals surface area contributed by atoms with Gasteiger partial charge in [0.05, 0.1) is 11.0 Å². The van der Waals surface area contributed by atoms with E-state index in [-0.39, 0.29) is 18.8 Å². The maximum absolute atomic E-state index is 12.5. The van der Waals surface area contributed by atoms with Crippen LogP contribution in [0.2, 0.25) is 0 Å². The fourth-order valence-corrected chi connectivity index (χ4v) is 5.53. The molecule has 0 spiro atoms. The molecule has 0 aliphatic carbocycles. The first-order valence-corrected chi connectivity index (χ1v) is 10.3. The Kier molecular flexibility index (Phi) is 5.26. The molecule has 124 valence electrons. The van der Waals surface area contributed by atoms with Crippen LogP contribution in [0.25, 0.3) is 0 Å². The first-order chi connectivity index (χ1) is 10.2. The molecule has 22 heavy (non-hydrogen) atoms. The molecule has 8 heteroatoms. The Morgan fingerprint density at radius 3 is 2.09 bits per heavy atom. The van der Waals surface area contributed by atoms with E-state index < -0.39 is 25.3 Å². The molecular weight excluding hydrogens is 324 g/mol. The lowest BCUT2D eigenvalue weighted by atomic mass is 10.2. The van der Waals surface area contributed by atoms with Crippen molar-refractivity contribution in [1.29, 1.82) is 0 Å². The van der Waals surface area contributed by atoms with Gasteiger partial charge in [-0.1, -0.05) is 30.3 Å². The number of hydrogen-bond acceptors (Lipinski definition) is 4. The normalized spacial score (nSPS) is 18.7. The van der Waals surface area contributed by atoms with Gasteiger partial charge >= 0.3 is 0 Å². The average molecular weight is 346 g/mol. The van der Waals surface area contributed by atoms with Crippen molar-refractivity contribution < 1.29 is 16.8 Å². The van der Waals surface area contributed by atoms with Crippen molar-refractivity contribution in [2.24, 2.45) is 0 Å². The van der Waals surface area contributed by atoms with Crippen LogP contribution in [0, 0.1) is 0 Å². The minimum atomic E-state index is -3.46. The van der Waals surface area contributed by atoms with E-state index in [0.717, 1.165) is 9.87 Å². The lowest BCUT2D eigenvalue weighted by Crippen LogP contribution is -2.46. The highest BCUT2D eigenvalue weighted by molar-refractivity contribution is 7.91. The van der Waals surface area contributed by atoms with E-state index in [1.165, 1.54) is 18.4 Å². The van der Waals surface area contributed by atoms with Gasteiger partial charge in [-0.2, -0.15) is 17.0 Å². The van der Waals surface area contributed by atoms with Crippen LogP contribution >= 0.6 is 0 Å². The highest BCUT2D eigenvalue weighted by atomic mass is 32.2. The van der Waals surface area contributed by atoms with Crippen LogP contribution < -0.4 is 0 Å². The number of piperidine rings is 1. The zero-order chi connectivity index (χ0) is 16.4. The van der Waals surface area contributed by atoms with Crippen LogP contribution in [0.3, 0.4) is 0 Å². The van der Waals surface area contributed by atoms with E-state index in [1.807, 2.05) is 18.2 Å². The Morgan fingerprint density at radius 1 is 1.05 bits per heavy atom. The third-order valence-corrected chi connectivity index (χ3v) is 8.07. The Hall–Kier alpha value is -0.960. The van der Waals surface area contributed by atoms with Crippen molar-refractivity contribution in [3.8, 4) is 0 Å². The molecule has 0 N–H and O–H groups in total. The minimum Gasteiger partial charge on any atom is -0.228 e. The van der Waals surface area contributed by atoms with E-state index in [0.29, 0.717) is 12.8 Å². The zero-order valence-electron chi connectivity index (χ0n) is 12.8. The monoisotopic (exact) mass is 346 g/mol. The summed E-state index contributed by atoms with van der Waals surface area (Å²) in [4.78, 5) is 0. The third-order valence-electron chi connectivity index (χ3n) is 3.91.